The molecule has 0 fully saturated rings. The Morgan fingerprint density at radius 1 is 1.55 bits per heavy atom. The molecule has 20 heavy (non-hydrogen) atoms. The number of aryl methyl sites for hydroxylation is 1. The van der Waals surface area contributed by atoms with Crippen LogP contribution in [0.4, 0.5) is 5.69 Å². The molecule has 1 aromatic carbocycles. The van der Waals surface area contributed by atoms with Crippen LogP contribution < -0.4 is 5.73 Å². The van der Waals surface area contributed by atoms with Crippen LogP contribution in [0.2, 0.25) is 0 Å². The van der Waals surface area contributed by atoms with Crippen molar-refractivity contribution in [1.29, 1.82) is 0 Å². The Labute approximate surface area is 113 Å². The molecule has 2 aromatic rings. The number of nitrogens with two attached hydrogens (primary N) is 1. The number of fused-ring (bicyclic) bond motifs is 1. The predicted molar refractivity (Wildman–Crippen MR) is 70.7 cm³/mol. The molecule has 1 heterocycles. The molecule has 0 aliphatic carbocycles. The summed E-state index contributed by atoms with van der Waals surface area (Å²) in [7, 11) is 0. The van der Waals surface area contributed by atoms with Crippen molar-refractivity contribution in [3.8, 4) is 5.75 Å². The van der Waals surface area contributed by atoms with E-state index in [0.29, 0.717) is 11.3 Å². The Balaban J connectivity index is 2.70. The monoisotopic (exact) mass is 279 g/mol. The van der Waals surface area contributed by atoms with Gasteiger partial charge in [0.15, 0.2) is 0 Å². The minimum Gasteiger partial charge on any atom is -0.506 e. The number of H-pyrrole nitrogens is 1. The van der Waals surface area contributed by atoms with E-state index in [9.17, 15) is 20.0 Å². The van der Waals surface area contributed by atoms with Gasteiger partial charge in [-0.2, -0.15) is 0 Å². The van der Waals surface area contributed by atoms with Crippen LogP contribution in [0.3, 0.4) is 0 Å². The third-order valence-corrected chi connectivity index (χ3v) is 3.17. The number of aromatic amines is 1. The van der Waals surface area contributed by atoms with Gasteiger partial charge in [-0.1, -0.05) is 0 Å². The molecular weight excluding hydrogens is 266 g/mol. The van der Waals surface area contributed by atoms with Crippen molar-refractivity contribution in [1.82, 2.24) is 4.98 Å². The highest BCUT2D eigenvalue weighted by Crippen LogP contribution is 2.36. The van der Waals surface area contributed by atoms with Gasteiger partial charge >= 0.3 is 5.97 Å². The average Bonchev–Trinajstić information content (AvgIpc) is 2.68. The number of hydrogen-bond acceptors (Lipinski definition) is 5. The number of non-ortho nitro benzene ring substituents is 1. The normalized spacial score (nSPS) is 12.5. The zero-order valence-electron chi connectivity index (χ0n) is 10.6. The highest BCUT2D eigenvalue weighted by atomic mass is 16.6. The number of nitro benzene ring substituents is 1. The summed E-state index contributed by atoms with van der Waals surface area (Å²) >= 11 is 0. The Kier molecular flexibility index (Phi) is 3.33. The van der Waals surface area contributed by atoms with Gasteiger partial charge in [0, 0.05) is 18.2 Å². The number of carboxylic acid groups (broad SMARTS) is 1. The molecule has 1 atom stereocenters. The highest BCUT2D eigenvalue weighted by Gasteiger charge is 2.24. The SMILES string of the molecule is Cc1[nH]c2c(O)ccc([N+](=O)[O-])c2c1CC(N)C(=O)O. The van der Waals surface area contributed by atoms with Crippen LogP contribution in [0.15, 0.2) is 12.1 Å². The van der Waals surface area contributed by atoms with Crippen molar-refractivity contribution < 1.29 is 19.9 Å². The molecule has 0 bridgehead atoms. The third kappa shape index (κ3) is 2.16. The third-order valence-electron chi connectivity index (χ3n) is 3.17. The largest absolute Gasteiger partial charge is 0.506 e. The number of benzene rings is 1. The van der Waals surface area contributed by atoms with Crippen molar-refractivity contribution in [3.63, 3.8) is 0 Å². The number of nitrogens with zero attached hydrogens (tertiary/aromatic N) is 1. The zero-order chi connectivity index (χ0) is 15.0. The summed E-state index contributed by atoms with van der Waals surface area (Å²) < 4.78 is 0. The number of aromatic hydroxyl groups is 1. The van der Waals surface area contributed by atoms with Gasteiger partial charge in [0.2, 0.25) is 0 Å². The summed E-state index contributed by atoms with van der Waals surface area (Å²) in [6, 6.07) is 1.23. The topological polar surface area (TPSA) is 142 Å². The van der Waals surface area contributed by atoms with Crippen LogP contribution in [0.25, 0.3) is 10.9 Å². The van der Waals surface area contributed by atoms with E-state index in [2.05, 4.69) is 4.98 Å². The lowest BCUT2D eigenvalue weighted by atomic mass is 10.0. The minimum absolute atomic E-state index is 0.0640. The van der Waals surface area contributed by atoms with E-state index in [1.807, 2.05) is 0 Å². The molecule has 8 nitrogen and oxygen atoms in total. The average molecular weight is 279 g/mol. The molecule has 0 saturated carbocycles. The summed E-state index contributed by atoms with van der Waals surface area (Å²) in [6.07, 6.45) is -0.0640. The summed E-state index contributed by atoms with van der Waals surface area (Å²) in [5.41, 5.74) is 6.47. The van der Waals surface area contributed by atoms with Gasteiger partial charge < -0.3 is 20.9 Å². The van der Waals surface area contributed by atoms with Crippen LogP contribution >= 0.6 is 0 Å². The first kappa shape index (κ1) is 13.8. The second-order valence-corrected chi connectivity index (χ2v) is 4.49. The Bertz CT molecular complexity index is 707. The Morgan fingerprint density at radius 2 is 2.20 bits per heavy atom. The van der Waals surface area contributed by atoms with E-state index in [0.717, 1.165) is 0 Å². The molecule has 0 aliphatic heterocycles. The minimum atomic E-state index is -1.19. The van der Waals surface area contributed by atoms with E-state index in [-0.39, 0.29) is 28.8 Å². The molecule has 8 heteroatoms. The van der Waals surface area contributed by atoms with Crippen LogP contribution in [-0.4, -0.2) is 32.1 Å². The number of aliphatic carboxylic acids is 1. The molecule has 1 aromatic heterocycles. The fraction of sp³-hybridized carbons (Fsp3) is 0.250. The number of aromatic nitrogens is 1. The van der Waals surface area contributed by atoms with Crippen molar-refractivity contribution >= 4 is 22.6 Å². The quantitative estimate of drug-likeness (QED) is 0.486. The molecule has 0 amide bonds. The van der Waals surface area contributed by atoms with E-state index in [1.54, 1.807) is 6.92 Å². The number of carboxylic acids is 1. The Morgan fingerprint density at radius 3 is 2.75 bits per heavy atom. The Hall–Kier alpha value is -2.61. The van der Waals surface area contributed by atoms with E-state index in [4.69, 9.17) is 10.8 Å². The van der Waals surface area contributed by atoms with Gasteiger partial charge in [-0.05, 0) is 18.6 Å². The summed E-state index contributed by atoms with van der Waals surface area (Å²) in [5, 5.41) is 29.9. The fourth-order valence-electron chi connectivity index (χ4n) is 2.18. The van der Waals surface area contributed by atoms with Crippen molar-refractivity contribution in [3.05, 3.63) is 33.5 Å². The number of rotatable bonds is 4. The van der Waals surface area contributed by atoms with Crippen LogP contribution in [-0.2, 0) is 11.2 Å². The molecule has 5 N–H and O–H groups in total. The second-order valence-electron chi connectivity index (χ2n) is 4.49. The lowest BCUT2D eigenvalue weighted by Crippen LogP contribution is -2.32. The highest BCUT2D eigenvalue weighted by molar-refractivity contribution is 5.97. The maximum absolute atomic E-state index is 11.1. The van der Waals surface area contributed by atoms with Gasteiger partial charge in [0.25, 0.3) is 5.69 Å². The van der Waals surface area contributed by atoms with E-state index < -0.39 is 16.9 Å². The fourth-order valence-corrected chi connectivity index (χ4v) is 2.18. The van der Waals surface area contributed by atoms with E-state index >= 15 is 0 Å². The molecular formula is C12H13N3O5. The zero-order valence-corrected chi connectivity index (χ0v) is 10.6. The van der Waals surface area contributed by atoms with Gasteiger partial charge in [-0.15, -0.1) is 0 Å². The van der Waals surface area contributed by atoms with Crippen molar-refractivity contribution in [2.75, 3.05) is 0 Å². The summed E-state index contributed by atoms with van der Waals surface area (Å²) in [6.45, 7) is 1.65. The number of phenols is 1. The van der Waals surface area contributed by atoms with Crippen LogP contribution in [0.1, 0.15) is 11.3 Å². The number of hydrogen-bond donors (Lipinski definition) is 4. The smallest absolute Gasteiger partial charge is 0.320 e. The molecule has 0 saturated heterocycles. The first-order chi connectivity index (χ1) is 9.32. The number of carbonyl (C=O) groups is 1. The maximum Gasteiger partial charge on any atom is 0.320 e. The number of phenolic OH excluding ortho intramolecular Hbond substituents is 1. The molecule has 0 aliphatic rings. The first-order valence-electron chi connectivity index (χ1n) is 5.78. The van der Waals surface area contributed by atoms with Crippen molar-refractivity contribution in [2.45, 2.75) is 19.4 Å². The molecule has 0 radical (unpaired) electrons. The number of nitrogens with one attached hydrogen (secondary N) is 1. The molecule has 0 spiro atoms. The molecule has 106 valence electrons. The second kappa shape index (κ2) is 4.82. The van der Waals surface area contributed by atoms with Gasteiger partial charge in [-0.3, -0.25) is 14.9 Å². The van der Waals surface area contributed by atoms with Crippen LogP contribution in [0.5, 0.6) is 5.75 Å². The number of nitro groups is 1. The standard InChI is InChI=1S/C12H13N3O5/c1-5-6(4-7(13)12(17)18)10-8(15(19)20)2-3-9(16)11(10)14-5/h2-3,7,14,16H,4,13H2,1H3,(H,17,18). The van der Waals surface area contributed by atoms with E-state index in [1.165, 1.54) is 12.1 Å². The molecule has 1 unspecified atom stereocenters. The molecule has 2 rings (SSSR count). The lowest BCUT2D eigenvalue weighted by Gasteiger charge is -2.06. The first-order valence-corrected chi connectivity index (χ1v) is 5.78. The van der Waals surface area contributed by atoms with Crippen molar-refractivity contribution in [2.24, 2.45) is 5.73 Å². The maximum atomic E-state index is 11.1. The van der Waals surface area contributed by atoms with Gasteiger partial charge in [0.05, 0.1) is 15.8 Å². The predicted octanol–water partition coefficient (Wildman–Crippen LogP) is 1.04. The summed E-state index contributed by atoms with van der Waals surface area (Å²) in [4.78, 5) is 24.2. The van der Waals surface area contributed by atoms with Gasteiger partial charge in [-0.25, -0.2) is 0 Å². The lowest BCUT2D eigenvalue weighted by molar-refractivity contribution is -0.383. The summed E-state index contributed by atoms with van der Waals surface area (Å²) in [5.74, 6) is -1.33. The van der Waals surface area contributed by atoms with Gasteiger partial charge in [0.1, 0.15) is 11.8 Å². The van der Waals surface area contributed by atoms with Crippen LogP contribution in [0, 0.1) is 17.0 Å².